The maximum atomic E-state index is 5.15. The van der Waals surface area contributed by atoms with Gasteiger partial charge in [0.2, 0.25) is 0 Å². The molecule has 0 N–H and O–H groups in total. The summed E-state index contributed by atoms with van der Waals surface area (Å²) in [5.74, 6) is 0.931. The molecule has 0 saturated carbocycles. The Labute approximate surface area is 170 Å². The first kappa shape index (κ1) is 17.6. The summed E-state index contributed by atoms with van der Waals surface area (Å²) in [6.45, 7) is 4.22. The Balaban J connectivity index is 1.75. The molecule has 0 spiro atoms. The van der Waals surface area contributed by atoms with E-state index in [1.165, 1.54) is 16.7 Å². The fourth-order valence-corrected chi connectivity index (χ4v) is 4.16. The predicted molar refractivity (Wildman–Crippen MR) is 117 cm³/mol. The lowest BCUT2D eigenvalue weighted by atomic mass is 9.93. The van der Waals surface area contributed by atoms with Gasteiger partial charge < -0.3 is 0 Å². The van der Waals surface area contributed by atoms with Crippen molar-refractivity contribution in [1.29, 1.82) is 0 Å². The molecule has 142 valence electrons. The average molecular weight is 378 g/mol. The monoisotopic (exact) mass is 378 g/mol. The highest BCUT2D eigenvalue weighted by Gasteiger charge is 2.29. The van der Waals surface area contributed by atoms with Gasteiger partial charge in [-0.15, -0.1) is 0 Å². The van der Waals surface area contributed by atoms with E-state index in [4.69, 9.17) is 10.1 Å². The third-order valence-corrected chi connectivity index (χ3v) is 5.59. The largest absolute Gasteiger partial charge is 0.265 e. The highest BCUT2D eigenvalue weighted by Crippen LogP contribution is 2.41. The Hall–Kier alpha value is -3.53. The predicted octanol–water partition coefficient (Wildman–Crippen LogP) is 5.68. The number of benzene rings is 2. The minimum atomic E-state index is 0.0938. The van der Waals surface area contributed by atoms with Crippen LogP contribution in [0, 0.1) is 13.8 Å². The van der Waals surface area contributed by atoms with Gasteiger partial charge in [-0.2, -0.15) is 5.10 Å². The van der Waals surface area contributed by atoms with E-state index in [0.717, 1.165) is 34.8 Å². The molecule has 2 aromatic heterocycles. The van der Waals surface area contributed by atoms with Crippen molar-refractivity contribution in [3.05, 3.63) is 102 Å². The van der Waals surface area contributed by atoms with E-state index >= 15 is 0 Å². The molecule has 1 atom stereocenters. The van der Waals surface area contributed by atoms with Crippen LogP contribution in [0.3, 0.4) is 0 Å². The van der Waals surface area contributed by atoms with Gasteiger partial charge in [0, 0.05) is 24.4 Å². The molecule has 1 unspecified atom stereocenters. The molecule has 29 heavy (non-hydrogen) atoms. The first-order chi connectivity index (χ1) is 14.2. The highest BCUT2D eigenvalue weighted by molar-refractivity contribution is 6.05. The summed E-state index contributed by atoms with van der Waals surface area (Å²) in [5.41, 5.74) is 8.00. The lowest BCUT2D eigenvalue weighted by Gasteiger charge is -2.26. The molecule has 0 aliphatic carbocycles. The van der Waals surface area contributed by atoms with Crippen molar-refractivity contribution in [1.82, 2.24) is 14.8 Å². The van der Waals surface area contributed by atoms with E-state index in [-0.39, 0.29) is 6.04 Å². The summed E-state index contributed by atoms with van der Waals surface area (Å²) in [7, 11) is 0. The van der Waals surface area contributed by atoms with Gasteiger partial charge in [0.1, 0.15) is 0 Å². The zero-order valence-corrected chi connectivity index (χ0v) is 16.6. The lowest BCUT2D eigenvalue weighted by Crippen LogP contribution is -2.21. The SMILES string of the molecule is Cc1ccccc1C1=Nc2c(-c3ccccc3)c(C)nn2C(c2ccncc2)C1. The second-order valence-corrected chi connectivity index (χ2v) is 7.47. The van der Waals surface area contributed by atoms with E-state index in [0.29, 0.717) is 0 Å². The number of pyridine rings is 1. The van der Waals surface area contributed by atoms with Crippen LogP contribution in [0.15, 0.2) is 84.1 Å². The van der Waals surface area contributed by atoms with E-state index in [2.05, 4.69) is 84.2 Å². The number of aromatic nitrogens is 3. The molecule has 1 aliphatic heterocycles. The molecule has 3 heterocycles. The molecular weight excluding hydrogens is 356 g/mol. The molecule has 5 rings (SSSR count). The van der Waals surface area contributed by atoms with Crippen LogP contribution < -0.4 is 0 Å². The Morgan fingerprint density at radius 1 is 0.862 bits per heavy atom. The van der Waals surface area contributed by atoms with Gasteiger partial charge >= 0.3 is 0 Å². The summed E-state index contributed by atoms with van der Waals surface area (Å²) in [6, 6.07) is 23.1. The molecule has 0 saturated heterocycles. The van der Waals surface area contributed by atoms with Gasteiger partial charge in [-0.05, 0) is 48.2 Å². The minimum Gasteiger partial charge on any atom is -0.265 e. The van der Waals surface area contributed by atoms with Crippen LogP contribution in [0.4, 0.5) is 5.82 Å². The van der Waals surface area contributed by atoms with Crippen molar-refractivity contribution in [2.45, 2.75) is 26.3 Å². The van der Waals surface area contributed by atoms with Crippen LogP contribution in [0.1, 0.15) is 34.8 Å². The summed E-state index contributed by atoms with van der Waals surface area (Å²) < 4.78 is 2.09. The second kappa shape index (κ2) is 7.13. The second-order valence-electron chi connectivity index (χ2n) is 7.47. The number of fused-ring (bicyclic) bond motifs is 1. The number of aryl methyl sites for hydroxylation is 2. The Morgan fingerprint density at radius 3 is 2.34 bits per heavy atom. The van der Waals surface area contributed by atoms with Crippen molar-refractivity contribution in [2.24, 2.45) is 4.99 Å². The van der Waals surface area contributed by atoms with Gasteiger partial charge in [-0.3, -0.25) is 4.98 Å². The van der Waals surface area contributed by atoms with Crippen LogP contribution in [0.25, 0.3) is 11.1 Å². The van der Waals surface area contributed by atoms with Crippen molar-refractivity contribution < 1.29 is 0 Å². The molecule has 2 aromatic carbocycles. The summed E-state index contributed by atoms with van der Waals surface area (Å²) in [6.07, 6.45) is 4.50. The molecule has 0 amide bonds. The number of hydrogen-bond acceptors (Lipinski definition) is 3. The van der Waals surface area contributed by atoms with Crippen LogP contribution in [0.5, 0.6) is 0 Å². The standard InChI is InChI=1S/C25H22N4/c1-17-8-6-7-11-21(17)22-16-23(19-12-14-26-15-13-19)29-25(27-22)24(18(2)28-29)20-9-4-3-5-10-20/h3-15,23H,16H2,1-2H3. The topological polar surface area (TPSA) is 43.1 Å². The molecule has 4 aromatic rings. The molecule has 1 aliphatic rings. The summed E-state index contributed by atoms with van der Waals surface area (Å²) >= 11 is 0. The highest BCUT2D eigenvalue weighted by atomic mass is 15.4. The molecule has 0 fully saturated rings. The quantitative estimate of drug-likeness (QED) is 0.460. The van der Waals surface area contributed by atoms with Gasteiger partial charge in [-0.1, -0.05) is 54.6 Å². The first-order valence-electron chi connectivity index (χ1n) is 9.90. The van der Waals surface area contributed by atoms with Gasteiger partial charge in [0.05, 0.1) is 17.4 Å². The van der Waals surface area contributed by atoms with Crippen molar-refractivity contribution in [2.75, 3.05) is 0 Å². The molecule has 0 bridgehead atoms. The third kappa shape index (κ3) is 3.07. The lowest BCUT2D eigenvalue weighted by molar-refractivity contribution is 0.529. The normalized spacial score (nSPS) is 15.7. The van der Waals surface area contributed by atoms with Crippen LogP contribution in [-0.2, 0) is 0 Å². The van der Waals surface area contributed by atoms with E-state index < -0.39 is 0 Å². The number of aliphatic imine (C=N–C) groups is 1. The zero-order chi connectivity index (χ0) is 19.8. The van der Waals surface area contributed by atoms with Crippen LogP contribution in [-0.4, -0.2) is 20.5 Å². The zero-order valence-electron chi connectivity index (χ0n) is 16.6. The van der Waals surface area contributed by atoms with Crippen LogP contribution >= 0.6 is 0 Å². The molecule has 4 heteroatoms. The van der Waals surface area contributed by atoms with E-state index in [1.54, 1.807) is 0 Å². The fraction of sp³-hybridized carbons (Fsp3) is 0.160. The van der Waals surface area contributed by atoms with E-state index in [1.807, 2.05) is 18.5 Å². The smallest absolute Gasteiger partial charge is 0.159 e. The Kier molecular flexibility index (Phi) is 4.32. The summed E-state index contributed by atoms with van der Waals surface area (Å²) in [4.78, 5) is 9.35. The maximum Gasteiger partial charge on any atom is 0.159 e. The number of nitrogens with zero attached hydrogens (tertiary/aromatic N) is 4. The maximum absolute atomic E-state index is 5.15. The van der Waals surface area contributed by atoms with Crippen molar-refractivity contribution in [3.8, 4) is 11.1 Å². The van der Waals surface area contributed by atoms with E-state index in [9.17, 15) is 0 Å². The average Bonchev–Trinajstić information content (AvgIpc) is 3.10. The van der Waals surface area contributed by atoms with Gasteiger partial charge in [0.25, 0.3) is 0 Å². The van der Waals surface area contributed by atoms with Crippen LogP contribution in [0.2, 0.25) is 0 Å². The molecule has 0 radical (unpaired) electrons. The van der Waals surface area contributed by atoms with Gasteiger partial charge in [0.15, 0.2) is 5.82 Å². The van der Waals surface area contributed by atoms with Gasteiger partial charge in [-0.25, -0.2) is 9.67 Å². The van der Waals surface area contributed by atoms with Crippen molar-refractivity contribution >= 4 is 11.5 Å². The number of hydrogen-bond donors (Lipinski definition) is 0. The Bertz CT molecular complexity index is 1190. The minimum absolute atomic E-state index is 0.0938. The van der Waals surface area contributed by atoms with Crippen molar-refractivity contribution in [3.63, 3.8) is 0 Å². The Morgan fingerprint density at radius 2 is 1.59 bits per heavy atom. The third-order valence-electron chi connectivity index (χ3n) is 5.59. The fourth-order valence-electron chi connectivity index (χ4n) is 4.16. The number of rotatable bonds is 3. The summed E-state index contributed by atoms with van der Waals surface area (Å²) in [5, 5.41) is 4.93. The first-order valence-corrected chi connectivity index (χ1v) is 9.90. The molecule has 4 nitrogen and oxygen atoms in total. The molecular formula is C25H22N4.